The number of aliphatic imine (C=N–C) groups is 1. The number of fused-ring (bicyclic) bond motifs is 1. The van der Waals surface area contributed by atoms with Crippen LogP contribution in [0, 0.1) is 0 Å². The topological polar surface area (TPSA) is 98.9 Å². The summed E-state index contributed by atoms with van der Waals surface area (Å²) in [6.45, 7) is 5.55. The number of phenolic OH excluding ortho intramolecular Hbond substituents is 1. The van der Waals surface area contributed by atoms with Gasteiger partial charge >= 0.3 is 0 Å². The summed E-state index contributed by atoms with van der Waals surface area (Å²) in [7, 11) is 0. The molecule has 7 nitrogen and oxygen atoms in total. The molecule has 2 aromatic carbocycles. The van der Waals surface area contributed by atoms with Gasteiger partial charge in [-0.25, -0.2) is 0 Å². The van der Waals surface area contributed by atoms with Crippen LogP contribution in [0.2, 0.25) is 0 Å². The maximum absolute atomic E-state index is 12.1. The van der Waals surface area contributed by atoms with Crippen molar-refractivity contribution < 1.29 is 14.3 Å². The SMILES string of the molecule is CCNC(=NCCNC(=O)c1ccc(O)cc1)NC(C)c1cc2ccccc2o1. The average molecular weight is 394 g/mol. The molecule has 0 aliphatic carbocycles. The lowest BCUT2D eigenvalue weighted by atomic mass is 10.2. The van der Waals surface area contributed by atoms with E-state index in [1.165, 1.54) is 12.1 Å². The van der Waals surface area contributed by atoms with E-state index in [4.69, 9.17) is 4.42 Å². The van der Waals surface area contributed by atoms with E-state index in [1.54, 1.807) is 12.1 Å². The van der Waals surface area contributed by atoms with Crippen LogP contribution in [0.1, 0.15) is 36.0 Å². The van der Waals surface area contributed by atoms with Crippen molar-refractivity contribution in [3.63, 3.8) is 0 Å². The van der Waals surface area contributed by atoms with Crippen molar-refractivity contribution in [2.45, 2.75) is 19.9 Å². The Morgan fingerprint density at radius 3 is 2.62 bits per heavy atom. The van der Waals surface area contributed by atoms with Crippen LogP contribution in [-0.2, 0) is 0 Å². The molecule has 0 saturated carbocycles. The minimum absolute atomic E-state index is 0.0632. The van der Waals surface area contributed by atoms with Gasteiger partial charge in [0.25, 0.3) is 5.91 Å². The summed E-state index contributed by atoms with van der Waals surface area (Å²) in [4.78, 5) is 16.6. The van der Waals surface area contributed by atoms with Crippen LogP contribution in [0.15, 0.2) is 64.0 Å². The van der Waals surface area contributed by atoms with E-state index in [2.05, 4.69) is 20.9 Å². The first-order valence-corrected chi connectivity index (χ1v) is 9.67. The van der Waals surface area contributed by atoms with Crippen molar-refractivity contribution in [2.75, 3.05) is 19.6 Å². The van der Waals surface area contributed by atoms with Crippen molar-refractivity contribution >= 4 is 22.8 Å². The van der Waals surface area contributed by atoms with Crippen molar-refractivity contribution in [3.05, 3.63) is 65.9 Å². The standard InChI is InChI=1S/C22H26N4O3/c1-3-23-22(25-13-12-24-21(28)16-8-10-18(27)11-9-16)26-15(2)20-14-17-6-4-5-7-19(17)29-20/h4-11,14-15,27H,3,12-13H2,1-2H3,(H,24,28)(H2,23,25,26). The quantitative estimate of drug-likeness (QED) is 0.280. The number of rotatable bonds is 7. The zero-order valence-corrected chi connectivity index (χ0v) is 16.6. The van der Waals surface area contributed by atoms with Gasteiger partial charge in [-0.05, 0) is 50.2 Å². The minimum atomic E-state index is -0.200. The minimum Gasteiger partial charge on any atom is -0.508 e. The maximum atomic E-state index is 12.1. The summed E-state index contributed by atoms with van der Waals surface area (Å²) in [5.41, 5.74) is 1.35. The number of amides is 1. The zero-order chi connectivity index (χ0) is 20.6. The van der Waals surface area contributed by atoms with Crippen molar-refractivity contribution in [1.29, 1.82) is 0 Å². The number of nitrogens with zero attached hydrogens (tertiary/aromatic N) is 1. The number of hydrogen-bond donors (Lipinski definition) is 4. The van der Waals surface area contributed by atoms with Crippen molar-refractivity contribution in [1.82, 2.24) is 16.0 Å². The molecule has 4 N–H and O–H groups in total. The second kappa shape index (κ2) is 9.64. The van der Waals surface area contributed by atoms with Crippen LogP contribution in [-0.4, -0.2) is 36.6 Å². The molecular formula is C22H26N4O3. The van der Waals surface area contributed by atoms with E-state index in [9.17, 15) is 9.90 Å². The lowest BCUT2D eigenvalue weighted by Gasteiger charge is -2.16. The Kier molecular flexibility index (Phi) is 6.73. The molecule has 0 spiro atoms. The van der Waals surface area contributed by atoms with Gasteiger partial charge in [0.05, 0.1) is 12.6 Å². The smallest absolute Gasteiger partial charge is 0.251 e. The molecule has 1 aromatic heterocycles. The fourth-order valence-corrected chi connectivity index (χ4v) is 2.86. The molecule has 0 radical (unpaired) electrons. The molecule has 152 valence electrons. The van der Waals surface area contributed by atoms with Crippen LogP contribution in [0.3, 0.4) is 0 Å². The summed E-state index contributed by atoms with van der Waals surface area (Å²) in [6, 6.07) is 16.0. The number of carbonyl (C=O) groups excluding carboxylic acids is 1. The highest BCUT2D eigenvalue weighted by Crippen LogP contribution is 2.23. The number of carbonyl (C=O) groups is 1. The number of hydrogen-bond acceptors (Lipinski definition) is 4. The monoisotopic (exact) mass is 394 g/mol. The fourth-order valence-electron chi connectivity index (χ4n) is 2.86. The van der Waals surface area contributed by atoms with Gasteiger partial charge in [0.1, 0.15) is 17.1 Å². The van der Waals surface area contributed by atoms with Gasteiger partial charge in [-0.3, -0.25) is 9.79 Å². The summed E-state index contributed by atoms with van der Waals surface area (Å²) >= 11 is 0. The Morgan fingerprint density at radius 1 is 1.14 bits per heavy atom. The van der Waals surface area contributed by atoms with Crippen LogP contribution in [0.4, 0.5) is 0 Å². The Bertz CT molecular complexity index is 946. The van der Waals surface area contributed by atoms with Gasteiger partial charge in [0.2, 0.25) is 0 Å². The molecule has 29 heavy (non-hydrogen) atoms. The Hall–Kier alpha value is -3.48. The van der Waals surface area contributed by atoms with Gasteiger partial charge in [-0.1, -0.05) is 18.2 Å². The molecular weight excluding hydrogens is 368 g/mol. The molecule has 0 saturated heterocycles. The first-order valence-electron chi connectivity index (χ1n) is 9.67. The normalized spacial score (nSPS) is 12.6. The van der Waals surface area contributed by atoms with Gasteiger partial charge < -0.3 is 25.5 Å². The van der Waals surface area contributed by atoms with E-state index in [0.29, 0.717) is 24.6 Å². The molecule has 1 amide bonds. The number of phenols is 1. The lowest BCUT2D eigenvalue weighted by Crippen LogP contribution is -2.39. The third-order valence-corrected chi connectivity index (χ3v) is 4.37. The largest absolute Gasteiger partial charge is 0.508 e. The predicted molar refractivity (Wildman–Crippen MR) is 114 cm³/mol. The molecule has 0 aliphatic rings. The van der Waals surface area contributed by atoms with Gasteiger partial charge in [-0.2, -0.15) is 0 Å². The van der Waals surface area contributed by atoms with E-state index < -0.39 is 0 Å². The number of aromatic hydroxyl groups is 1. The highest BCUT2D eigenvalue weighted by Gasteiger charge is 2.13. The number of furan rings is 1. The summed E-state index contributed by atoms with van der Waals surface area (Å²) in [5, 5.41) is 19.7. The fraction of sp³-hybridized carbons (Fsp3) is 0.273. The van der Waals surface area contributed by atoms with Gasteiger partial charge in [0.15, 0.2) is 5.96 Å². The Labute approximate surface area is 169 Å². The van der Waals surface area contributed by atoms with Crippen LogP contribution in [0.25, 0.3) is 11.0 Å². The molecule has 1 unspecified atom stereocenters. The third kappa shape index (κ3) is 5.51. The van der Waals surface area contributed by atoms with Crippen molar-refractivity contribution in [2.24, 2.45) is 4.99 Å². The molecule has 0 aliphatic heterocycles. The second-order valence-corrected chi connectivity index (χ2v) is 6.62. The van der Waals surface area contributed by atoms with Gasteiger partial charge in [0, 0.05) is 24.0 Å². The van der Waals surface area contributed by atoms with E-state index >= 15 is 0 Å². The summed E-state index contributed by atoms with van der Waals surface area (Å²) in [6.07, 6.45) is 0. The first-order chi connectivity index (χ1) is 14.1. The van der Waals surface area contributed by atoms with E-state index in [1.807, 2.05) is 44.2 Å². The highest BCUT2D eigenvalue weighted by atomic mass is 16.3. The van der Waals surface area contributed by atoms with Gasteiger partial charge in [-0.15, -0.1) is 0 Å². The average Bonchev–Trinajstić information content (AvgIpc) is 3.16. The summed E-state index contributed by atoms with van der Waals surface area (Å²) in [5.74, 6) is 1.41. The maximum Gasteiger partial charge on any atom is 0.251 e. The van der Waals surface area contributed by atoms with Crippen LogP contribution >= 0.6 is 0 Å². The summed E-state index contributed by atoms with van der Waals surface area (Å²) < 4.78 is 5.90. The number of guanidine groups is 1. The Balaban J connectivity index is 1.54. The number of para-hydroxylation sites is 1. The molecule has 7 heteroatoms. The molecule has 3 aromatic rings. The highest BCUT2D eigenvalue weighted by molar-refractivity contribution is 5.94. The van der Waals surface area contributed by atoms with E-state index in [-0.39, 0.29) is 17.7 Å². The van der Waals surface area contributed by atoms with E-state index in [0.717, 1.165) is 23.3 Å². The zero-order valence-electron chi connectivity index (χ0n) is 16.6. The molecule has 3 rings (SSSR count). The number of nitrogens with one attached hydrogen (secondary N) is 3. The second-order valence-electron chi connectivity index (χ2n) is 6.62. The molecule has 0 fully saturated rings. The molecule has 1 heterocycles. The predicted octanol–water partition coefficient (Wildman–Crippen LogP) is 3.18. The molecule has 0 bridgehead atoms. The van der Waals surface area contributed by atoms with Crippen molar-refractivity contribution in [3.8, 4) is 5.75 Å². The number of benzene rings is 2. The Morgan fingerprint density at radius 2 is 1.90 bits per heavy atom. The third-order valence-electron chi connectivity index (χ3n) is 4.37. The first kappa shape index (κ1) is 20.3. The lowest BCUT2D eigenvalue weighted by molar-refractivity contribution is 0.0955. The van der Waals surface area contributed by atoms with Crippen LogP contribution in [0.5, 0.6) is 5.75 Å². The molecule has 1 atom stereocenters. The van der Waals surface area contributed by atoms with Crippen LogP contribution < -0.4 is 16.0 Å².